The maximum atomic E-state index is 15.1. The summed E-state index contributed by atoms with van der Waals surface area (Å²) in [5, 5.41) is 7.35. The van der Waals surface area contributed by atoms with E-state index in [1.54, 1.807) is 6.20 Å². The number of nitrogens with one attached hydrogen (secondary N) is 2. The standard InChI is InChI=1S/C30H31FN6O2/c31-21-13-20-17-35(27(39)5-4-19-6-8-32-9-7-19)11-12-36-18-23(22(14-21)30(20)36)28-25(38)16-34-29(28)24-15-33-26-3-1-2-10-37(24)26/h1-3,10,13-15,18-19,32,34H,4-9,11-12,16-17H2. The molecule has 1 aromatic carbocycles. The number of carbonyl (C=O) groups is 2. The van der Waals surface area contributed by atoms with Crippen LogP contribution in [0.15, 0.2) is 48.9 Å². The summed E-state index contributed by atoms with van der Waals surface area (Å²) in [5.41, 5.74) is 5.22. The Morgan fingerprint density at radius 3 is 2.90 bits per heavy atom. The van der Waals surface area contributed by atoms with Gasteiger partial charge in [-0.1, -0.05) is 6.07 Å². The Morgan fingerprint density at radius 1 is 1.15 bits per heavy atom. The van der Waals surface area contributed by atoms with E-state index in [0.717, 1.165) is 54.8 Å². The van der Waals surface area contributed by atoms with Gasteiger partial charge in [0, 0.05) is 49.4 Å². The van der Waals surface area contributed by atoms with Gasteiger partial charge in [-0.15, -0.1) is 0 Å². The van der Waals surface area contributed by atoms with E-state index in [-0.39, 0.29) is 24.1 Å². The first-order valence-electron chi connectivity index (χ1n) is 13.8. The third kappa shape index (κ3) is 4.21. The van der Waals surface area contributed by atoms with Gasteiger partial charge in [-0.2, -0.15) is 0 Å². The molecule has 0 spiro atoms. The number of amides is 1. The van der Waals surface area contributed by atoms with Crippen LogP contribution in [0.1, 0.15) is 42.5 Å². The molecule has 0 unspecified atom stereocenters. The van der Waals surface area contributed by atoms with Crippen LogP contribution in [-0.4, -0.2) is 56.7 Å². The first kappa shape index (κ1) is 24.1. The molecule has 2 N–H and O–H groups in total. The first-order chi connectivity index (χ1) is 19.1. The third-order valence-corrected chi connectivity index (χ3v) is 8.46. The minimum Gasteiger partial charge on any atom is -0.375 e. The van der Waals surface area contributed by atoms with Crippen LogP contribution < -0.4 is 10.6 Å². The zero-order chi connectivity index (χ0) is 26.5. The molecule has 1 fully saturated rings. The number of hydrogen-bond donors (Lipinski definition) is 2. The van der Waals surface area contributed by atoms with Crippen molar-refractivity contribution in [1.29, 1.82) is 0 Å². The highest BCUT2D eigenvalue weighted by atomic mass is 19.1. The molecule has 0 aliphatic carbocycles. The van der Waals surface area contributed by atoms with Gasteiger partial charge in [0.05, 0.1) is 35.2 Å². The smallest absolute Gasteiger partial charge is 0.222 e. The molecule has 4 aromatic rings. The molecule has 7 rings (SSSR count). The maximum Gasteiger partial charge on any atom is 0.222 e. The van der Waals surface area contributed by atoms with Gasteiger partial charge in [0.2, 0.25) is 5.91 Å². The average molecular weight is 527 g/mol. The monoisotopic (exact) mass is 526 g/mol. The van der Waals surface area contributed by atoms with Gasteiger partial charge in [-0.25, -0.2) is 9.37 Å². The van der Waals surface area contributed by atoms with Crippen molar-refractivity contribution < 1.29 is 14.0 Å². The van der Waals surface area contributed by atoms with Crippen LogP contribution in [0, 0.1) is 11.7 Å². The lowest BCUT2D eigenvalue weighted by atomic mass is 9.93. The SMILES string of the molecule is O=C1CNC(c2cnc3ccccn23)=C1c1cn2c3c(cc(F)cc13)CN(C(=O)CCC1CCNCC1)CC2. The molecule has 0 atom stereocenters. The van der Waals surface area contributed by atoms with Gasteiger partial charge in [-0.3, -0.25) is 14.0 Å². The van der Waals surface area contributed by atoms with Crippen molar-refractivity contribution in [3.8, 4) is 0 Å². The Bertz CT molecular complexity index is 1640. The molecule has 0 saturated carbocycles. The molecular weight excluding hydrogens is 495 g/mol. The van der Waals surface area contributed by atoms with E-state index in [2.05, 4.69) is 20.2 Å². The molecule has 6 heterocycles. The highest BCUT2D eigenvalue weighted by Crippen LogP contribution is 2.38. The Hall–Kier alpha value is -3.98. The van der Waals surface area contributed by atoms with Crippen LogP contribution in [0.2, 0.25) is 0 Å². The summed E-state index contributed by atoms with van der Waals surface area (Å²) in [4.78, 5) is 32.8. The second-order valence-electron chi connectivity index (χ2n) is 10.8. The van der Waals surface area contributed by atoms with Crippen LogP contribution in [0.4, 0.5) is 4.39 Å². The quantitative estimate of drug-likeness (QED) is 0.415. The number of ketones is 1. The van der Waals surface area contributed by atoms with Crippen molar-refractivity contribution in [2.45, 2.75) is 38.8 Å². The molecule has 8 nitrogen and oxygen atoms in total. The third-order valence-electron chi connectivity index (χ3n) is 8.46. The van der Waals surface area contributed by atoms with E-state index >= 15 is 4.39 Å². The minimum atomic E-state index is -0.365. The highest BCUT2D eigenvalue weighted by Gasteiger charge is 2.31. The molecule has 1 saturated heterocycles. The van der Waals surface area contributed by atoms with Crippen LogP contribution in [-0.2, 0) is 22.7 Å². The molecular formula is C30H31FN6O2. The van der Waals surface area contributed by atoms with Gasteiger partial charge in [0.15, 0.2) is 5.78 Å². The van der Waals surface area contributed by atoms with Crippen molar-refractivity contribution in [1.82, 2.24) is 29.5 Å². The zero-order valence-corrected chi connectivity index (χ0v) is 21.8. The topological polar surface area (TPSA) is 83.7 Å². The minimum absolute atomic E-state index is 0.0347. The molecule has 0 radical (unpaired) electrons. The van der Waals surface area contributed by atoms with Crippen molar-refractivity contribution in [3.63, 3.8) is 0 Å². The molecule has 200 valence electrons. The Balaban J connectivity index is 1.25. The molecule has 3 aliphatic rings. The number of imidazole rings is 1. The number of halogens is 1. The molecule has 39 heavy (non-hydrogen) atoms. The van der Waals surface area contributed by atoms with Gasteiger partial charge in [0.1, 0.15) is 11.5 Å². The summed E-state index contributed by atoms with van der Waals surface area (Å²) in [7, 11) is 0. The van der Waals surface area contributed by atoms with Crippen molar-refractivity contribution in [3.05, 3.63) is 71.6 Å². The second kappa shape index (κ2) is 9.64. The van der Waals surface area contributed by atoms with E-state index in [1.807, 2.05) is 39.9 Å². The molecule has 9 heteroatoms. The normalized spacial score (nSPS) is 18.3. The van der Waals surface area contributed by atoms with Crippen molar-refractivity contribution in [2.24, 2.45) is 5.92 Å². The van der Waals surface area contributed by atoms with Gasteiger partial charge in [0.25, 0.3) is 0 Å². The van der Waals surface area contributed by atoms with Gasteiger partial charge in [-0.05, 0) is 68.1 Å². The number of hydrogen-bond acceptors (Lipinski definition) is 5. The number of fused-ring (bicyclic) bond motifs is 1. The van der Waals surface area contributed by atoms with Crippen LogP contribution in [0.3, 0.4) is 0 Å². The van der Waals surface area contributed by atoms with E-state index in [1.165, 1.54) is 12.1 Å². The number of nitrogens with zero attached hydrogens (tertiary/aromatic N) is 4. The molecule has 3 aliphatic heterocycles. The summed E-state index contributed by atoms with van der Waals surface area (Å²) in [6.07, 6.45) is 9.31. The number of rotatable bonds is 5. The number of benzene rings is 1. The lowest BCUT2D eigenvalue weighted by molar-refractivity contribution is -0.132. The fourth-order valence-corrected chi connectivity index (χ4v) is 6.47. The fourth-order valence-electron chi connectivity index (χ4n) is 6.47. The Kier molecular flexibility index (Phi) is 5.96. The molecule has 0 bridgehead atoms. The van der Waals surface area contributed by atoms with Crippen LogP contribution >= 0.6 is 0 Å². The summed E-state index contributed by atoms with van der Waals surface area (Å²) in [6.45, 7) is 3.74. The average Bonchev–Trinajstić information content (AvgIpc) is 3.61. The maximum absolute atomic E-state index is 15.1. The highest BCUT2D eigenvalue weighted by molar-refractivity contribution is 6.33. The lowest BCUT2D eigenvalue weighted by Crippen LogP contribution is -2.33. The number of carbonyl (C=O) groups excluding carboxylic acids is 2. The van der Waals surface area contributed by atoms with E-state index in [4.69, 9.17) is 0 Å². The Labute approximate surface area is 225 Å². The number of aromatic nitrogens is 3. The summed E-state index contributed by atoms with van der Waals surface area (Å²) >= 11 is 0. The first-order valence-corrected chi connectivity index (χ1v) is 13.8. The summed E-state index contributed by atoms with van der Waals surface area (Å²) < 4.78 is 19.1. The molecule has 1 amide bonds. The summed E-state index contributed by atoms with van der Waals surface area (Å²) in [5.74, 6) is 0.320. The predicted octanol–water partition coefficient (Wildman–Crippen LogP) is 3.59. The predicted molar refractivity (Wildman–Crippen MR) is 147 cm³/mol. The number of pyridine rings is 1. The van der Waals surface area contributed by atoms with Crippen molar-refractivity contribution >= 4 is 39.5 Å². The van der Waals surface area contributed by atoms with Gasteiger partial charge < -0.3 is 20.1 Å². The lowest BCUT2D eigenvalue weighted by Gasteiger charge is -2.25. The molecule has 3 aromatic heterocycles. The van der Waals surface area contributed by atoms with Crippen LogP contribution in [0.5, 0.6) is 0 Å². The van der Waals surface area contributed by atoms with E-state index in [9.17, 15) is 9.59 Å². The van der Waals surface area contributed by atoms with E-state index in [0.29, 0.717) is 54.2 Å². The number of Topliss-reactive ketones (excluding diaryl/α,β-unsaturated/α-hetero) is 1. The fraction of sp³-hybridized carbons (Fsp3) is 0.367. The zero-order valence-electron chi connectivity index (χ0n) is 21.8. The van der Waals surface area contributed by atoms with E-state index < -0.39 is 0 Å². The largest absolute Gasteiger partial charge is 0.375 e. The van der Waals surface area contributed by atoms with Crippen LogP contribution in [0.25, 0.3) is 27.8 Å². The van der Waals surface area contributed by atoms with Gasteiger partial charge >= 0.3 is 0 Å². The Morgan fingerprint density at radius 2 is 2.03 bits per heavy atom. The summed E-state index contributed by atoms with van der Waals surface area (Å²) in [6, 6.07) is 8.82. The van der Waals surface area contributed by atoms with Crippen molar-refractivity contribution in [2.75, 3.05) is 26.2 Å². The second-order valence-corrected chi connectivity index (χ2v) is 10.8. The number of piperidine rings is 1.